The lowest BCUT2D eigenvalue weighted by Crippen LogP contribution is -2.31. The van der Waals surface area contributed by atoms with E-state index in [1.807, 2.05) is 0 Å². The lowest BCUT2D eigenvalue weighted by Gasteiger charge is -2.03. The van der Waals surface area contributed by atoms with E-state index in [-0.39, 0.29) is 12.0 Å². The Morgan fingerprint density at radius 3 is 3.18 bits per heavy atom. The highest BCUT2D eigenvalue weighted by Crippen LogP contribution is 2.04. The number of nitrogens with one attached hydrogen (secondary N) is 1. The Morgan fingerprint density at radius 2 is 2.73 bits per heavy atom. The minimum Gasteiger partial charge on any atom is -0.468 e. The third-order valence-electron chi connectivity index (χ3n) is 1.52. The van der Waals surface area contributed by atoms with Crippen LogP contribution in [0.5, 0.6) is 0 Å². The molecule has 11 heavy (non-hydrogen) atoms. The molecule has 58 valence electrons. The van der Waals surface area contributed by atoms with Crippen LogP contribution >= 0.6 is 0 Å². The first-order chi connectivity index (χ1) is 5.27. The van der Waals surface area contributed by atoms with Gasteiger partial charge in [0.05, 0.1) is 7.11 Å². The molecule has 0 aliphatic carbocycles. The first kappa shape index (κ1) is 7.83. The van der Waals surface area contributed by atoms with Crippen LogP contribution in [0.4, 0.5) is 0 Å². The number of rotatable bonds is 1. The van der Waals surface area contributed by atoms with Crippen LogP contribution in [0, 0.1) is 12.3 Å². The Kier molecular flexibility index (Phi) is 2.29. The minimum atomic E-state index is -0.356. The molecule has 1 N–H and O–H groups in total. The number of carbonyl (C=O) groups is 1. The van der Waals surface area contributed by atoms with Crippen molar-refractivity contribution in [2.75, 3.05) is 13.7 Å². The molecule has 1 rings (SSSR count). The van der Waals surface area contributed by atoms with E-state index in [1.165, 1.54) is 7.11 Å². The van der Waals surface area contributed by atoms with Crippen molar-refractivity contribution in [3.63, 3.8) is 0 Å². The number of esters is 1. The maximum atomic E-state index is 10.9. The molecule has 1 aliphatic heterocycles. The number of methoxy groups -OCH3 is 1. The van der Waals surface area contributed by atoms with Gasteiger partial charge in [-0.25, -0.2) is 0 Å². The summed E-state index contributed by atoms with van der Waals surface area (Å²) in [5, 5.41) is 2.90. The largest absolute Gasteiger partial charge is 0.468 e. The molecule has 0 bridgehead atoms. The molecule has 0 saturated carbocycles. The van der Waals surface area contributed by atoms with Gasteiger partial charge in [0, 0.05) is 12.1 Å². The van der Waals surface area contributed by atoms with Crippen molar-refractivity contribution in [3.05, 3.63) is 11.6 Å². The van der Waals surface area contributed by atoms with Crippen molar-refractivity contribution < 1.29 is 9.53 Å². The van der Waals surface area contributed by atoms with E-state index in [1.54, 1.807) is 6.08 Å². The lowest BCUT2D eigenvalue weighted by atomic mass is 10.2. The molecular formula is C8H9NO2. The second-order valence-electron chi connectivity index (χ2n) is 2.22. The van der Waals surface area contributed by atoms with Gasteiger partial charge in [-0.1, -0.05) is 5.92 Å². The summed E-state index contributed by atoms with van der Waals surface area (Å²) in [5.41, 5.74) is 0.806. The first-order valence-electron chi connectivity index (χ1n) is 3.26. The van der Waals surface area contributed by atoms with E-state index in [4.69, 9.17) is 6.42 Å². The van der Waals surface area contributed by atoms with Crippen molar-refractivity contribution >= 4 is 5.97 Å². The van der Waals surface area contributed by atoms with Gasteiger partial charge in [0.25, 0.3) is 0 Å². The van der Waals surface area contributed by atoms with E-state index in [9.17, 15) is 4.79 Å². The van der Waals surface area contributed by atoms with Gasteiger partial charge in [-0.05, 0) is 6.08 Å². The van der Waals surface area contributed by atoms with E-state index in [0.717, 1.165) is 5.57 Å². The number of ether oxygens (including phenoxy) is 1. The Balaban J connectivity index is 2.61. The molecule has 1 aliphatic rings. The highest BCUT2D eigenvalue weighted by atomic mass is 16.5. The summed E-state index contributed by atoms with van der Waals surface area (Å²) in [4.78, 5) is 10.9. The molecule has 0 aromatic heterocycles. The standard InChI is InChI=1S/C8H9NO2/c1-3-6-4-7(9-5-6)8(10)11-2/h1,4,7,9H,5H2,2H3. The minimum absolute atomic E-state index is 0.296. The van der Waals surface area contributed by atoms with Gasteiger partial charge < -0.3 is 4.74 Å². The second kappa shape index (κ2) is 3.22. The summed E-state index contributed by atoms with van der Waals surface area (Å²) in [6.45, 7) is 0.580. The Bertz CT molecular complexity index is 237. The van der Waals surface area contributed by atoms with Gasteiger partial charge in [-0.15, -0.1) is 6.42 Å². The van der Waals surface area contributed by atoms with Gasteiger partial charge in [-0.3, -0.25) is 10.1 Å². The molecule has 0 aromatic carbocycles. The topological polar surface area (TPSA) is 38.3 Å². The monoisotopic (exact) mass is 151 g/mol. The quantitative estimate of drug-likeness (QED) is 0.412. The van der Waals surface area contributed by atoms with Crippen LogP contribution in [0.25, 0.3) is 0 Å². The second-order valence-corrected chi connectivity index (χ2v) is 2.22. The number of hydrogen-bond acceptors (Lipinski definition) is 3. The Morgan fingerprint density at radius 1 is 2.00 bits per heavy atom. The van der Waals surface area contributed by atoms with Crippen molar-refractivity contribution in [2.24, 2.45) is 0 Å². The van der Waals surface area contributed by atoms with Crippen LogP contribution in [-0.4, -0.2) is 25.7 Å². The molecule has 0 fully saturated rings. The van der Waals surface area contributed by atoms with Crippen LogP contribution in [0.2, 0.25) is 0 Å². The predicted molar refractivity (Wildman–Crippen MR) is 40.7 cm³/mol. The van der Waals surface area contributed by atoms with Crippen molar-refractivity contribution in [1.82, 2.24) is 5.32 Å². The zero-order chi connectivity index (χ0) is 8.27. The van der Waals surface area contributed by atoms with Crippen LogP contribution in [-0.2, 0) is 9.53 Å². The average Bonchev–Trinajstić information content (AvgIpc) is 2.50. The van der Waals surface area contributed by atoms with Crippen LogP contribution < -0.4 is 5.32 Å². The van der Waals surface area contributed by atoms with Gasteiger partial charge in [0.15, 0.2) is 0 Å². The third kappa shape index (κ3) is 1.60. The highest BCUT2D eigenvalue weighted by Gasteiger charge is 2.21. The summed E-state index contributed by atoms with van der Waals surface area (Å²) in [5.74, 6) is 2.17. The maximum Gasteiger partial charge on any atom is 0.326 e. The summed E-state index contributed by atoms with van der Waals surface area (Å²) in [6, 6.07) is -0.356. The van der Waals surface area contributed by atoms with E-state index in [0.29, 0.717) is 6.54 Å². The van der Waals surface area contributed by atoms with Crippen molar-refractivity contribution in [2.45, 2.75) is 6.04 Å². The molecule has 1 unspecified atom stereocenters. The molecule has 1 atom stereocenters. The Hall–Kier alpha value is -1.27. The highest BCUT2D eigenvalue weighted by molar-refractivity contribution is 5.79. The lowest BCUT2D eigenvalue weighted by molar-refractivity contribution is -0.141. The van der Waals surface area contributed by atoms with Gasteiger partial charge in [0.1, 0.15) is 6.04 Å². The third-order valence-corrected chi connectivity index (χ3v) is 1.52. The molecule has 0 radical (unpaired) electrons. The molecule has 0 spiro atoms. The first-order valence-corrected chi connectivity index (χ1v) is 3.26. The summed E-state index contributed by atoms with van der Waals surface area (Å²) >= 11 is 0. The van der Waals surface area contributed by atoms with E-state index >= 15 is 0 Å². The van der Waals surface area contributed by atoms with Gasteiger partial charge in [-0.2, -0.15) is 0 Å². The average molecular weight is 151 g/mol. The maximum absolute atomic E-state index is 10.9. The van der Waals surface area contributed by atoms with E-state index < -0.39 is 0 Å². The predicted octanol–water partition coefficient (Wildman–Crippen LogP) is -0.309. The fourth-order valence-electron chi connectivity index (χ4n) is 0.916. The summed E-state index contributed by atoms with van der Waals surface area (Å²) < 4.78 is 4.51. The molecule has 3 heteroatoms. The molecule has 0 saturated heterocycles. The molecular weight excluding hydrogens is 142 g/mol. The fraction of sp³-hybridized carbons (Fsp3) is 0.375. The summed E-state index contributed by atoms with van der Waals surface area (Å²) in [6.07, 6.45) is 6.83. The SMILES string of the molecule is C#CC1=CC(C(=O)OC)NC1. The fourth-order valence-corrected chi connectivity index (χ4v) is 0.916. The van der Waals surface area contributed by atoms with Crippen LogP contribution in [0.1, 0.15) is 0 Å². The Labute approximate surface area is 65.4 Å². The number of carbonyl (C=O) groups excluding carboxylic acids is 1. The van der Waals surface area contributed by atoms with E-state index in [2.05, 4.69) is 16.0 Å². The van der Waals surface area contributed by atoms with Crippen molar-refractivity contribution in [3.8, 4) is 12.3 Å². The molecule has 0 amide bonds. The molecule has 3 nitrogen and oxygen atoms in total. The van der Waals surface area contributed by atoms with Crippen molar-refractivity contribution in [1.29, 1.82) is 0 Å². The smallest absolute Gasteiger partial charge is 0.326 e. The number of terminal acetylenes is 1. The molecule has 1 heterocycles. The normalized spacial score (nSPS) is 22.2. The van der Waals surface area contributed by atoms with Crippen LogP contribution in [0.15, 0.2) is 11.6 Å². The summed E-state index contributed by atoms with van der Waals surface area (Å²) in [7, 11) is 1.35. The zero-order valence-electron chi connectivity index (χ0n) is 6.26. The van der Waals surface area contributed by atoms with Gasteiger partial charge >= 0.3 is 5.97 Å². The number of hydrogen-bond donors (Lipinski definition) is 1. The van der Waals surface area contributed by atoms with Crippen LogP contribution in [0.3, 0.4) is 0 Å². The zero-order valence-corrected chi connectivity index (χ0v) is 6.26. The molecule has 0 aromatic rings. The van der Waals surface area contributed by atoms with Gasteiger partial charge in [0.2, 0.25) is 0 Å².